The van der Waals surface area contributed by atoms with Crippen LogP contribution in [0.4, 0.5) is 11.4 Å². The van der Waals surface area contributed by atoms with Crippen LogP contribution in [-0.2, 0) is 4.79 Å². The van der Waals surface area contributed by atoms with E-state index in [9.17, 15) is 4.79 Å². The molecule has 7 heteroatoms. The molecule has 35 heavy (non-hydrogen) atoms. The average molecular weight is 488 g/mol. The molecule has 2 aliphatic rings. The van der Waals surface area contributed by atoms with Gasteiger partial charge in [-0.15, -0.1) is 0 Å². The minimum atomic E-state index is -0.0839. The van der Waals surface area contributed by atoms with Crippen LogP contribution in [0.1, 0.15) is 79.8 Å². The van der Waals surface area contributed by atoms with Crippen molar-refractivity contribution in [2.24, 2.45) is 0 Å². The first-order chi connectivity index (χ1) is 16.9. The maximum Gasteiger partial charge on any atom is 0.221 e. The maximum atomic E-state index is 11.5. The van der Waals surface area contributed by atoms with Crippen LogP contribution < -0.4 is 15.5 Å². The lowest BCUT2D eigenvalue weighted by molar-refractivity contribution is -0.114. The van der Waals surface area contributed by atoms with E-state index in [1.807, 2.05) is 42.6 Å². The summed E-state index contributed by atoms with van der Waals surface area (Å²) >= 11 is 5.90. The molecule has 1 aliphatic carbocycles. The van der Waals surface area contributed by atoms with Gasteiger partial charge >= 0.3 is 0 Å². The van der Waals surface area contributed by atoms with Crippen molar-refractivity contribution in [3.8, 4) is 0 Å². The lowest BCUT2D eigenvalue weighted by Crippen LogP contribution is -2.29. The molecular formula is C28H33N5OS. The second-order valence-corrected chi connectivity index (χ2v) is 10.1. The molecule has 0 spiro atoms. The average Bonchev–Trinajstić information content (AvgIpc) is 3.35. The zero-order chi connectivity index (χ0) is 24.5. The Bertz CT molecular complexity index is 1210. The lowest BCUT2D eigenvalue weighted by atomic mass is 9.94. The van der Waals surface area contributed by atoms with E-state index >= 15 is 0 Å². The molecule has 1 amide bonds. The fourth-order valence-corrected chi connectivity index (χ4v) is 6.21. The van der Waals surface area contributed by atoms with E-state index < -0.39 is 0 Å². The molecule has 6 nitrogen and oxygen atoms in total. The van der Waals surface area contributed by atoms with Crippen molar-refractivity contribution in [3.63, 3.8) is 0 Å². The van der Waals surface area contributed by atoms with Gasteiger partial charge in [-0.2, -0.15) is 0 Å². The number of aromatic nitrogens is 2. The summed E-state index contributed by atoms with van der Waals surface area (Å²) in [6, 6.07) is 16.7. The summed E-state index contributed by atoms with van der Waals surface area (Å²) < 4.78 is 2.56. The van der Waals surface area contributed by atoms with Crippen LogP contribution in [-0.4, -0.2) is 20.6 Å². The highest BCUT2D eigenvalue weighted by Crippen LogP contribution is 2.44. The number of benzene rings is 1. The Kier molecular flexibility index (Phi) is 6.60. The number of nitrogens with one attached hydrogen (secondary N) is 2. The van der Waals surface area contributed by atoms with Gasteiger partial charge in [0.1, 0.15) is 0 Å². The van der Waals surface area contributed by atoms with Gasteiger partial charge in [-0.1, -0.05) is 25.3 Å². The van der Waals surface area contributed by atoms with Crippen LogP contribution in [0.2, 0.25) is 0 Å². The molecule has 3 heterocycles. The summed E-state index contributed by atoms with van der Waals surface area (Å²) in [4.78, 5) is 18.4. The normalized spacial score (nSPS) is 20.7. The first-order valence-corrected chi connectivity index (χ1v) is 12.9. The molecule has 2 N–H and O–H groups in total. The quantitative estimate of drug-likeness (QED) is 0.423. The zero-order valence-electron chi connectivity index (χ0n) is 20.6. The maximum absolute atomic E-state index is 11.5. The highest BCUT2D eigenvalue weighted by Gasteiger charge is 2.42. The van der Waals surface area contributed by atoms with Crippen LogP contribution >= 0.6 is 12.2 Å². The summed E-state index contributed by atoms with van der Waals surface area (Å²) in [6.07, 6.45) is 8.27. The third-order valence-corrected chi connectivity index (χ3v) is 7.66. The van der Waals surface area contributed by atoms with Crippen LogP contribution in [0.3, 0.4) is 0 Å². The van der Waals surface area contributed by atoms with Gasteiger partial charge < -0.3 is 20.1 Å². The van der Waals surface area contributed by atoms with E-state index in [1.165, 1.54) is 56.0 Å². The molecule has 2 fully saturated rings. The molecule has 2 atom stereocenters. The summed E-state index contributed by atoms with van der Waals surface area (Å²) in [5, 5.41) is 7.09. The van der Waals surface area contributed by atoms with Gasteiger partial charge in [-0.05, 0) is 86.9 Å². The first kappa shape index (κ1) is 23.5. The second-order valence-electron chi connectivity index (χ2n) is 9.71. The topological polar surface area (TPSA) is 62.2 Å². The Morgan fingerprint density at radius 3 is 2.49 bits per heavy atom. The standard InChI is InChI=1S/C28H33N5OS/c1-18-17-24(19(2)32(18)22-9-5-4-6-10-22)27-26(25-11-7-8-16-29-25)31-28(35)33(27)23-14-12-21(13-15-23)30-20(3)34/h7-8,11-17,22,26-27H,4-6,9-10H2,1-3H3,(H,30,34)(H,31,35)/t26-,27-/m1/s1. The van der Waals surface area contributed by atoms with Crippen molar-refractivity contribution >= 4 is 34.6 Å². The van der Waals surface area contributed by atoms with Gasteiger partial charge in [0, 0.05) is 41.9 Å². The van der Waals surface area contributed by atoms with E-state index in [4.69, 9.17) is 17.2 Å². The molecule has 182 valence electrons. The van der Waals surface area contributed by atoms with Crippen molar-refractivity contribution in [1.29, 1.82) is 0 Å². The van der Waals surface area contributed by atoms with Gasteiger partial charge in [0.25, 0.3) is 0 Å². The summed E-state index contributed by atoms with van der Waals surface area (Å²) in [7, 11) is 0. The number of thiocarbonyl (C=S) groups is 1. The minimum Gasteiger partial charge on any atom is -0.351 e. The molecule has 1 aromatic carbocycles. The fourth-order valence-electron chi connectivity index (χ4n) is 5.86. The van der Waals surface area contributed by atoms with Crippen molar-refractivity contribution in [2.75, 3.05) is 10.2 Å². The molecule has 0 unspecified atom stereocenters. The molecule has 2 aromatic heterocycles. The second kappa shape index (κ2) is 9.82. The number of amides is 1. The molecule has 1 saturated carbocycles. The van der Waals surface area contributed by atoms with E-state index in [0.717, 1.165) is 17.1 Å². The lowest BCUT2D eigenvalue weighted by Gasteiger charge is -2.30. The van der Waals surface area contributed by atoms with Crippen molar-refractivity contribution in [1.82, 2.24) is 14.9 Å². The smallest absolute Gasteiger partial charge is 0.221 e. The van der Waals surface area contributed by atoms with Crippen LogP contribution in [0.15, 0.2) is 54.7 Å². The summed E-state index contributed by atoms with van der Waals surface area (Å²) in [5.74, 6) is -0.0839. The molecule has 0 radical (unpaired) electrons. The number of aryl methyl sites for hydroxylation is 1. The van der Waals surface area contributed by atoms with Crippen molar-refractivity contribution in [2.45, 2.75) is 71.0 Å². The molecule has 3 aromatic rings. The minimum absolute atomic E-state index is 0.0347. The van der Waals surface area contributed by atoms with Crippen LogP contribution in [0.5, 0.6) is 0 Å². The van der Waals surface area contributed by atoms with Gasteiger partial charge in [0.2, 0.25) is 5.91 Å². The highest BCUT2D eigenvalue weighted by atomic mass is 32.1. The predicted molar refractivity (Wildman–Crippen MR) is 145 cm³/mol. The Labute approximate surface area is 212 Å². The van der Waals surface area contributed by atoms with E-state index in [2.05, 4.69) is 46.1 Å². The molecule has 0 bridgehead atoms. The number of hydrogen-bond donors (Lipinski definition) is 2. The SMILES string of the molecule is CC(=O)Nc1ccc(N2C(=S)N[C@H](c3ccccn3)[C@H]2c2cc(C)n(C3CCCCC3)c2C)cc1. The number of nitrogens with zero attached hydrogens (tertiary/aromatic N) is 3. The number of carbonyl (C=O) groups excluding carboxylic acids is 1. The van der Waals surface area contributed by atoms with Gasteiger partial charge in [0.15, 0.2) is 5.11 Å². The monoisotopic (exact) mass is 487 g/mol. The van der Waals surface area contributed by atoms with Gasteiger partial charge in [-0.25, -0.2) is 0 Å². The third kappa shape index (κ3) is 4.57. The molecule has 1 saturated heterocycles. The third-order valence-electron chi connectivity index (χ3n) is 7.35. The Balaban J connectivity index is 1.58. The van der Waals surface area contributed by atoms with Crippen molar-refractivity contribution < 1.29 is 4.79 Å². The largest absolute Gasteiger partial charge is 0.351 e. The Hall–Kier alpha value is -3.19. The summed E-state index contributed by atoms with van der Waals surface area (Å²) in [6.45, 7) is 6.00. The highest BCUT2D eigenvalue weighted by molar-refractivity contribution is 7.80. The summed E-state index contributed by atoms with van der Waals surface area (Å²) in [5.41, 5.74) is 6.63. The number of anilines is 2. The first-order valence-electron chi connectivity index (χ1n) is 12.5. The van der Waals surface area contributed by atoms with E-state index in [0.29, 0.717) is 11.2 Å². The number of rotatable bonds is 5. The Morgan fingerprint density at radius 2 is 1.83 bits per heavy atom. The van der Waals surface area contributed by atoms with Crippen LogP contribution in [0.25, 0.3) is 0 Å². The van der Waals surface area contributed by atoms with Gasteiger partial charge in [-0.3, -0.25) is 9.78 Å². The Morgan fingerprint density at radius 1 is 1.09 bits per heavy atom. The van der Waals surface area contributed by atoms with Crippen LogP contribution in [0, 0.1) is 13.8 Å². The van der Waals surface area contributed by atoms with Gasteiger partial charge in [0.05, 0.1) is 17.8 Å². The zero-order valence-corrected chi connectivity index (χ0v) is 21.4. The number of carbonyl (C=O) groups is 1. The molecular weight excluding hydrogens is 454 g/mol. The van der Waals surface area contributed by atoms with E-state index in [-0.39, 0.29) is 18.0 Å². The van der Waals surface area contributed by atoms with Crippen molar-refractivity contribution in [3.05, 3.63) is 77.4 Å². The fraction of sp³-hybridized carbons (Fsp3) is 0.393. The molecule has 5 rings (SSSR count). The van der Waals surface area contributed by atoms with E-state index in [1.54, 1.807) is 0 Å². The number of pyridine rings is 1. The number of hydrogen-bond acceptors (Lipinski definition) is 3. The molecule has 1 aliphatic heterocycles. The predicted octanol–water partition coefficient (Wildman–Crippen LogP) is 6.14.